The number of aromatic nitrogens is 1. The fraction of sp³-hybridized carbons (Fsp3) is 0.167. The van der Waals surface area contributed by atoms with E-state index < -0.39 is 10.8 Å². The Morgan fingerprint density at radius 2 is 1.80 bits per heavy atom. The number of nitrogens with one attached hydrogen (secondary N) is 1. The van der Waals surface area contributed by atoms with E-state index in [0.29, 0.717) is 70.3 Å². The van der Waals surface area contributed by atoms with Crippen molar-refractivity contribution in [1.29, 1.82) is 0 Å². The second-order valence-electron chi connectivity index (χ2n) is 7.84. The lowest BCUT2D eigenvalue weighted by Crippen LogP contribution is -2.37. The van der Waals surface area contributed by atoms with Gasteiger partial charge >= 0.3 is 0 Å². The van der Waals surface area contributed by atoms with Crippen molar-refractivity contribution in [1.82, 2.24) is 4.98 Å². The Kier molecular flexibility index (Phi) is 6.29. The number of amides is 1. The van der Waals surface area contributed by atoms with Gasteiger partial charge in [0.15, 0.2) is 5.58 Å². The number of nitro groups is 1. The van der Waals surface area contributed by atoms with Gasteiger partial charge in [0.25, 0.3) is 11.6 Å². The van der Waals surface area contributed by atoms with E-state index in [4.69, 9.17) is 32.4 Å². The normalized spacial score (nSPS) is 13.7. The largest absolute Gasteiger partial charge is 0.435 e. The van der Waals surface area contributed by atoms with Crippen LogP contribution >= 0.6 is 23.2 Å². The number of rotatable bonds is 5. The number of halogens is 2. The molecule has 11 heteroatoms. The Morgan fingerprint density at radius 1 is 1.06 bits per heavy atom. The third kappa shape index (κ3) is 4.79. The second-order valence-corrected chi connectivity index (χ2v) is 8.69. The van der Waals surface area contributed by atoms with Crippen molar-refractivity contribution in [2.45, 2.75) is 0 Å². The lowest BCUT2D eigenvalue weighted by Gasteiger charge is -2.30. The summed E-state index contributed by atoms with van der Waals surface area (Å²) in [5.74, 6) is -0.0958. The van der Waals surface area contributed by atoms with Crippen molar-refractivity contribution >= 4 is 57.3 Å². The van der Waals surface area contributed by atoms with E-state index in [1.807, 2.05) is 4.90 Å². The van der Waals surface area contributed by atoms with E-state index in [9.17, 15) is 14.9 Å². The number of benzene rings is 3. The molecule has 1 aliphatic heterocycles. The van der Waals surface area contributed by atoms with Crippen LogP contribution < -0.4 is 10.2 Å². The maximum Gasteiger partial charge on any atom is 0.270 e. The standard InChI is InChI=1S/C24H18Cl2N4O5/c25-15-11-19(26)22-20(12-15)28-24(35-22)14-1-3-16(4-2-14)27-23(31)18-13-17(30(32)33)5-6-21(18)29-7-9-34-10-8-29/h1-6,11-13H,7-10H2,(H,27,31). The molecule has 178 valence electrons. The van der Waals surface area contributed by atoms with Gasteiger partial charge < -0.3 is 19.4 Å². The number of hydrogen-bond acceptors (Lipinski definition) is 7. The van der Waals surface area contributed by atoms with Gasteiger partial charge in [0, 0.05) is 41.5 Å². The van der Waals surface area contributed by atoms with Gasteiger partial charge in [0.05, 0.1) is 34.4 Å². The number of nitrogens with zero attached hydrogens (tertiary/aromatic N) is 3. The summed E-state index contributed by atoms with van der Waals surface area (Å²) in [6.45, 7) is 2.22. The first-order valence-corrected chi connectivity index (χ1v) is 11.4. The molecule has 1 fully saturated rings. The Morgan fingerprint density at radius 3 is 2.51 bits per heavy atom. The molecule has 0 spiro atoms. The zero-order valence-corrected chi connectivity index (χ0v) is 19.7. The minimum absolute atomic E-state index is 0.155. The lowest BCUT2D eigenvalue weighted by molar-refractivity contribution is -0.384. The van der Waals surface area contributed by atoms with Crippen LogP contribution in [0.5, 0.6) is 0 Å². The maximum absolute atomic E-state index is 13.1. The molecule has 0 unspecified atom stereocenters. The summed E-state index contributed by atoms with van der Waals surface area (Å²) in [7, 11) is 0. The van der Waals surface area contributed by atoms with Crippen LogP contribution in [0.2, 0.25) is 10.0 Å². The van der Waals surface area contributed by atoms with Crippen molar-refractivity contribution in [2.24, 2.45) is 0 Å². The highest BCUT2D eigenvalue weighted by atomic mass is 35.5. The van der Waals surface area contributed by atoms with Crippen molar-refractivity contribution in [3.63, 3.8) is 0 Å². The van der Waals surface area contributed by atoms with Gasteiger partial charge in [-0.1, -0.05) is 23.2 Å². The number of non-ortho nitro benzene ring substituents is 1. The Labute approximate surface area is 209 Å². The summed E-state index contributed by atoms with van der Waals surface area (Å²) in [5.41, 5.74) is 2.84. The molecule has 1 N–H and O–H groups in total. The average molecular weight is 513 g/mol. The highest BCUT2D eigenvalue weighted by Crippen LogP contribution is 2.32. The number of fused-ring (bicyclic) bond motifs is 1. The van der Waals surface area contributed by atoms with Gasteiger partial charge in [-0.25, -0.2) is 4.98 Å². The van der Waals surface area contributed by atoms with Gasteiger partial charge in [-0.05, 0) is 42.5 Å². The van der Waals surface area contributed by atoms with E-state index >= 15 is 0 Å². The predicted molar refractivity (Wildman–Crippen MR) is 134 cm³/mol. The molecule has 0 atom stereocenters. The molecule has 0 saturated carbocycles. The molecule has 9 nitrogen and oxygen atoms in total. The van der Waals surface area contributed by atoms with E-state index in [1.54, 1.807) is 42.5 Å². The molecule has 3 aromatic carbocycles. The molecule has 4 aromatic rings. The first kappa shape index (κ1) is 23.1. The third-order valence-corrected chi connectivity index (χ3v) is 6.09. The molecular formula is C24H18Cl2N4O5. The lowest BCUT2D eigenvalue weighted by atomic mass is 10.1. The number of hydrogen-bond donors (Lipinski definition) is 1. The highest BCUT2D eigenvalue weighted by molar-refractivity contribution is 6.38. The van der Waals surface area contributed by atoms with Crippen molar-refractivity contribution in [2.75, 3.05) is 36.5 Å². The number of nitro benzene ring substituents is 1. The summed E-state index contributed by atoms with van der Waals surface area (Å²) in [6, 6.07) is 14.4. The third-order valence-electron chi connectivity index (χ3n) is 5.59. The first-order valence-electron chi connectivity index (χ1n) is 10.7. The van der Waals surface area contributed by atoms with E-state index in [0.717, 1.165) is 0 Å². The number of ether oxygens (including phenoxy) is 1. The molecule has 1 saturated heterocycles. The molecular weight excluding hydrogens is 495 g/mol. The van der Waals surface area contributed by atoms with Gasteiger partial charge in [-0.15, -0.1) is 0 Å². The number of oxazole rings is 1. The molecule has 2 heterocycles. The zero-order chi connectivity index (χ0) is 24.5. The zero-order valence-electron chi connectivity index (χ0n) is 18.2. The molecule has 1 amide bonds. The highest BCUT2D eigenvalue weighted by Gasteiger charge is 2.22. The van der Waals surface area contributed by atoms with Crippen LogP contribution in [0.3, 0.4) is 0 Å². The van der Waals surface area contributed by atoms with Crippen LogP contribution in [-0.4, -0.2) is 42.1 Å². The number of carbonyl (C=O) groups excluding carboxylic acids is 1. The number of carbonyl (C=O) groups is 1. The number of anilines is 2. The smallest absolute Gasteiger partial charge is 0.270 e. The van der Waals surface area contributed by atoms with Crippen molar-refractivity contribution in [3.05, 3.63) is 80.3 Å². The summed E-state index contributed by atoms with van der Waals surface area (Å²) in [6.07, 6.45) is 0. The maximum atomic E-state index is 13.1. The minimum Gasteiger partial charge on any atom is -0.435 e. The Balaban J connectivity index is 1.40. The summed E-state index contributed by atoms with van der Waals surface area (Å²) < 4.78 is 11.2. The Bertz CT molecular complexity index is 1430. The first-order chi connectivity index (χ1) is 16.9. The van der Waals surface area contributed by atoms with Crippen LogP contribution in [0.15, 0.2) is 59.0 Å². The summed E-state index contributed by atoms with van der Waals surface area (Å²) in [5, 5.41) is 14.9. The van der Waals surface area contributed by atoms with Crippen LogP contribution in [-0.2, 0) is 4.74 Å². The van der Waals surface area contributed by atoms with Crippen molar-refractivity contribution in [3.8, 4) is 11.5 Å². The van der Waals surface area contributed by atoms with E-state index in [2.05, 4.69) is 10.3 Å². The van der Waals surface area contributed by atoms with Gasteiger partial charge in [-0.3, -0.25) is 14.9 Å². The molecule has 0 aliphatic carbocycles. The summed E-state index contributed by atoms with van der Waals surface area (Å²) in [4.78, 5) is 30.3. The topological polar surface area (TPSA) is 111 Å². The Hall–Kier alpha value is -3.66. The van der Waals surface area contributed by atoms with Crippen LogP contribution in [0.4, 0.5) is 17.1 Å². The quantitative estimate of drug-likeness (QED) is 0.265. The van der Waals surface area contributed by atoms with Crippen LogP contribution in [0.25, 0.3) is 22.6 Å². The fourth-order valence-corrected chi connectivity index (χ4v) is 4.40. The summed E-state index contributed by atoms with van der Waals surface area (Å²) >= 11 is 12.2. The fourth-order valence-electron chi connectivity index (χ4n) is 3.88. The van der Waals surface area contributed by atoms with E-state index in [1.165, 1.54) is 12.1 Å². The minimum atomic E-state index is -0.519. The van der Waals surface area contributed by atoms with Crippen LogP contribution in [0, 0.1) is 10.1 Å². The van der Waals surface area contributed by atoms with Gasteiger partial charge in [0.2, 0.25) is 5.89 Å². The van der Waals surface area contributed by atoms with Crippen molar-refractivity contribution < 1.29 is 18.9 Å². The van der Waals surface area contributed by atoms with Crippen LogP contribution in [0.1, 0.15) is 10.4 Å². The number of morpholine rings is 1. The molecule has 0 bridgehead atoms. The SMILES string of the molecule is O=C(Nc1ccc(-c2nc3cc(Cl)cc(Cl)c3o2)cc1)c1cc([N+](=O)[O-])ccc1N1CCOCC1. The molecule has 1 aromatic heterocycles. The average Bonchev–Trinajstić information content (AvgIpc) is 3.29. The monoisotopic (exact) mass is 512 g/mol. The molecule has 5 rings (SSSR count). The predicted octanol–water partition coefficient (Wildman–Crippen LogP) is 5.80. The second kappa shape index (κ2) is 9.53. The van der Waals surface area contributed by atoms with Gasteiger partial charge in [-0.2, -0.15) is 0 Å². The molecule has 35 heavy (non-hydrogen) atoms. The van der Waals surface area contributed by atoms with E-state index in [-0.39, 0.29) is 11.3 Å². The molecule has 0 radical (unpaired) electrons. The molecule has 1 aliphatic rings. The van der Waals surface area contributed by atoms with Gasteiger partial charge in [0.1, 0.15) is 5.52 Å².